The van der Waals surface area contributed by atoms with Crippen LogP contribution in [0.1, 0.15) is 10.5 Å². The molecule has 0 aromatic carbocycles. The molecule has 80 valence electrons. The summed E-state index contributed by atoms with van der Waals surface area (Å²) in [4.78, 5) is 17.3. The summed E-state index contributed by atoms with van der Waals surface area (Å²) in [5.74, 6) is -0.190. The van der Waals surface area contributed by atoms with Crippen LogP contribution >= 0.6 is 0 Å². The van der Waals surface area contributed by atoms with Crippen LogP contribution in [0.5, 0.6) is 0 Å². The van der Waals surface area contributed by atoms with Crippen molar-refractivity contribution in [3.05, 3.63) is 42.7 Å². The first-order valence-electron chi connectivity index (χ1n) is 4.71. The summed E-state index contributed by atoms with van der Waals surface area (Å²) in [6.45, 7) is 4.21. The van der Waals surface area contributed by atoms with E-state index in [1.54, 1.807) is 30.5 Å². The van der Waals surface area contributed by atoms with Gasteiger partial charge in [0.05, 0.1) is 6.61 Å². The van der Waals surface area contributed by atoms with Crippen molar-refractivity contribution in [2.75, 3.05) is 19.7 Å². The maximum atomic E-state index is 11.8. The van der Waals surface area contributed by atoms with Crippen molar-refractivity contribution in [3.8, 4) is 0 Å². The van der Waals surface area contributed by atoms with Crippen molar-refractivity contribution in [3.63, 3.8) is 0 Å². The molecule has 4 heteroatoms. The highest BCUT2D eigenvalue weighted by Crippen LogP contribution is 2.00. The van der Waals surface area contributed by atoms with Gasteiger partial charge in [0, 0.05) is 19.3 Å². The monoisotopic (exact) mass is 206 g/mol. The Bertz CT molecular complexity index is 325. The lowest BCUT2D eigenvalue weighted by Crippen LogP contribution is -2.34. The van der Waals surface area contributed by atoms with Gasteiger partial charge < -0.3 is 10.0 Å². The van der Waals surface area contributed by atoms with Crippen LogP contribution in [0, 0.1) is 0 Å². The Labute approximate surface area is 88.9 Å². The number of carbonyl (C=O) groups is 1. The predicted octanol–water partition coefficient (Wildman–Crippen LogP) is 0.702. The highest BCUT2D eigenvalue weighted by molar-refractivity contribution is 5.92. The molecule has 0 saturated heterocycles. The van der Waals surface area contributed by atoms with Gasteiger partial charge in [-0.2, -0.15) is 0 Å². The molecule has 15 heavy (non-hydrogen) atoms. The number of aliphatic hydroxyl groups is 1. The van der Waals surface area contributed by atoms with Crippen LogP contribution in [0.25, 0.3) is 0 Å². The van der Waals surface area contributed by atoms with Crippen molar-refractivity contribution in [1.29, 1.82) is 0 Å². The van der Waals surface area contributed by atoms with Gasteiger partial charge in [-0.1, -0.05) is 12.1 Å². The average molecular weight is 206 g/mol. The minimum atomic E-state index is -0.190. The maximum absolute atomic E-state index is 11.8. The van der Waals surface area contributed by atoms with Crippen LogP contribution in [-0.2, 0) is 0 Å². The zero-order chi connectivity index (χ0) is 11.1. The van der Waals surface area contributed by atoms with Gasteiger partial charge in [-0.15, -0.1) is 6.58 Å². The number of carbonyl (C=O) groups excluding carboxylic acids is 1. The Morgan fingerprint density at radius 3 is 2.93 bits per heavy atom. The summed E-state index contributed by atoms with van der Waals surface area (Å²) in [7, 11) is 0. The molecule has 1 N–H and O–H groups in total. The summed E-state index contributed by atoms with van der Waals surface area (Å²) >= 11 is 0. The van der Waals surface area contributed by atoms with E-state index in [0.29, 0.717) is 18.8 Å². The third-order valence-corrected chi connectivity index (χ3v) is 1.89. The number of aromatic nitrogens is 1. The fraction of sp³-hybridized carbons (Fsp3) is 0.273. The summed E-state index contributed by atoms with van der Waals surface area (Å²) in [5, 5.41) is 8.81. The predicted molar refractivity (Wildman–Crippen MR) is 57.4 cm³/mol. The van der Waals surface area contributed by atoms with E-state index in [2.05, 4.69) is 11.6 Å². The number of pyridine rings is 1. The molecule has 0 unspecified atom stereocenters. The molecule has 0 fully saturated rings. The second kappa shape index (κ2) is 5.93. The van der Waals surface area contributed by atoms with E-state index in [-0.39, 0.29) is 12.5 Å². The third kappa shape index (κ3) is 3.18. The first-order chi connectivity index (χ1) is 7.29. The molecule has 0 radical (unpaired) electrons. The number of amides is 1. The van der Waals surface area contributed by atoms with E-state index in [1.165, 1.54) is 4.90 Å². The zero-order valence-electron chi connectivity index (χ0n) is 8.47. The molecule has 0 spiro atoms. The van der Waals surface area contributed by atoms with Crippen LogP contribution < -0.4 is 0 Å². The molecule has 0 aliphatic carbocycles. The maximum Gasteiger partial charge on any atom is 0.272 e. The van der Waals surface area contributed by atoms with Gasteiger partial charge >= 0.3 is 0 Å². The van der Waals surface area contributed by atoms with E-state index in [0.717, 1.165) is 0 Å². The largest absolute Gasteiger partial charge is 0.395 e. The van der Waals surface area contributed by atoms with Gasteiger partial charge in [0.1, 0.15) is 5.69 Å². The van der Waals surface area contributed by atoms with E-state index in [4.69, 9.17) is 5.11 Å². The second-order valence-corrected chi connectivity index (χ2v) is 2.98. The molecule has 0 bridgehead atoms. The van der Waals surface area contributed by atoms with Gasteiger partial charge in [0.15, 0.2) is 0 Å². The number of hydrogen-bond acceptors (Lipinski definition) is 3. The van der Waals surface area contributed by atoms with E-state index < -0.39 is 0 Å². The lowest BCUT2D eigenvalue weighted by atomic mass is 10.3. The Hall–Kier alpha value is -1.68. The van der Waals surface area contributed by atoms with E-state index in [9.17, 15) is 4.79 Å². The van der Waals surface area contributed by atoms with Crippen molar-refractivity contribution in [1.82, 2.24) is 9.88 Å². The molecule has 0 aliphatic heterocycles. The second-order valence-electron chi connectivity index (χ2n) is 2.98. The minimum absolute atomic E-state index is 0.0631. The smallest absolute Gasteiger partial charge is 0.272 e. The summed E-state index contributed by atoms with van der Waals surface area (Å²) in [5.41, 5.74) is 0.382. The highest BCUT2D eigenvalue weighted by atomic mass is 16.3. The van der Waals surface area contributed by atoms with Crippen molar-refractivity contribution < 1.29 is 9.90 Å². The van der Waals surface area contributed by atoms with Gasteiger partial charge in [0.2, 0.25) is 0 Å². The molecule has 1 rings (SSSR count). The molecule has 0 saturated carbocycles. The standard InChI is InChI=1S/C11H14N2O2/c1-2-7-13(8-9-14)11(15)10-5-3-4-6-12-10/h2-6,14H,1,7-9H2. The molecule has 1 amide bonds. The average Bonchev–Trinajstić information content (AvgIpc) is 2.29. The van der Waals surface area contributed by atoms with Crippen LogP contribution in [-0.4, -0.2) is 40.6 Å². The molecule has 1 aromatic rings. The number of hydrogen-bond donors (Lipinski definition) is 1. The van der Waals surface area contributed by atoms with Crippen LogP contribution in [0.3, 0.4) is 0 Å². The Morgan fingerprint density at radius 2 is 2.40 bits per heavy atom. The van der Waals surface area contributed by atoms with E-state index >= 15 is 0 Å². The molecular formula is C11H14N2O2. The normalized spacial score (nSPS) is 9.67. The first kappa shape index (κ1) is 11.4. The Kier molecular flexibility index (Phi) is 4.50. The van der Waals surface area contributed by atoms with Gasteiger partial charge in [-0.25, -0.2) is 0 Å². The molecule has 0 aliphatic rings. The summed E-state index contributed by atoms with van der Waals surface area (Å²) in [6, 6.07) is 5.15. The highest BCUT2D eigenvalue weighted by Gasteiger charge is 2.14. The lowest BCUT2D eigenvalue weighted by molar-refractivity contribution is 0.0737. The minimum Gasteiger partial charge on any atom is -0.395 e. The first-order valence-corrected chi connectivity index (χ1v) is 4.71. The summed E-state index contributed by atoms with van der Waals surface area (Å²) in [6.07, 6.45) is 3.19. The molecule has 1 heterocycles. The molecule has 4 nitrogen and oxygen atoms in total. The SMILES string of the molecule is C=CCN(CCO)C(=O)c1ccccn1. The fourth-order valence-corrected chi connectivity index (χ4v) is 1.20. The number of nitrogens with zero attached hydrogens (tertiary/aromatic N) is 2. The van der Waals surface area contributed by atoms with Crippen molar-refractivity contribution in [2.45, 2.75) is 0 Å². The fourth-order valence-electron chi connectivity index (χ4n) is 1.20. The topological polar surface area (TPSA) is 53.4 Å². The Morgan fingerprint density at radius 1 is 1.60 bits per heavy atom. The van der Waals surface area contributed by atoms with Gasteiger partial charge in [-0.3, -0.25) is 9.78 Å². The van der Waals surface area contributed by atoms with Gasteiger partial charge in [0.25, 0.3) is 5.91 Å². The summed E-state index contributed by atoms with van der Waals surface area (Å²) < 4.78 is 0. The Balaban J connectivity index is 2.76. The third-order valence-electron chi connectivity index (χ3n) is 1.89. The van der Waals surface area contributed by atoms with Crippen molar-refractivity contribution >= 4 is 5.91 Å². The van der Waals surface area contributed by atoms with Crippen molar-refractivity contribution in [2.24, 2.45) is 0 Å². The van der Waals surface area contributed by atoms with Crippen LogP contribution in [0.15, 0.2) is 37.1 Å². The number of rotatable bonds is 5. The molecular weight excluding hydrogens is 192 g/mol. The van der Waals surface area contributed by atoms with Gasteiger partial charge in [-0.05, 0) is 12.1 Å². The number of aliphatic hydroxyl groups excluding tert-OH is 1. The van der Waals surface area contributed by atoms with Crippen LogP contribution in [0.2, 0.25) is 0 Å². The zero-order valence-corrected chi connectivity index (χ0v) is 8.47. The molecule has 0 atom stereocenters. The quantitative estimate of drug-likeness (QED) is 0.721. The molecule has 1 aromatic heterocycles. The van der Waals surface area contributed by atoms with E-state index in [1.807, 2.05) is 0 Å². The lowest BCUT2D eigenvalue weighted by Gasteiger charge is -2.19. The van der Waals surface area contributed by atoms with Crippen LogP contribution in [0.4, 0.5) is 0 Å².